The number of amides is 2. The lowest BCUT2D eigenvalue weighted by atomic mass is 9.95. The molecule has 5 aromatic rings. The highest BCUT2D eigenvalue weighted by atomic mass is 32.2. The first kappa shape index (κ1) is 28.7. The summed E-state index contributed by atoms with van der Waals surface area (Å²) >= 11 is 2.86. The first-order chi connectivity index (χ1) is 21.0. The number of thiophene rings is 1. The summed E-state index contributed by atoms with van der Waals surface area (Å²) in [4.78, 5) is 41.7. The van der Waals surface area contributed by atoms with Crippen LogP contribution in [0.2, 0.25) is 0 Å². The van der Waals surface area contributed by atoms with Crippen LogP contribution >= 0.6 is 23.1 Å². The smallest absolute Gasteiger partial charge is 0.341 e. The molecule has 0 saturated carbocycles. The number of anilines is 2. The van der Waals surface area contributed by atoms with Crippen LogP contribution in [0.25, 0.3) is 10.8 Å². The molecule has 216 valence electrons. The van der Waals surface area contributed by atoms with Crippen LogP contribution in [0.3, 0.4) is 0 Å². The van der Waals surface area contributed by atoms with Crippen molar-refractivity contribution in [1.82, 2.24) is 0 Å². The third kappa shape index (κ3) is 6.35. The monoisotopic (exact) mass is 606 g/mol. The quantitative estimate of drug-likeness (QED) is 0.137. The van der Waals surface area contributed by atoms with Crippen molar-refractivity contribution < 1.29 is 19.1 Å². The van der Waals surface area contributed by atoms with E-state index in [0.717, 1.165) is 57.4 Å². The van der Waals surface area contributed by atoms with Gasteiger partial charge in [-0.3, -0.25) is 9.59 Å². The Balaban J connectivity index is 1.24. The topological polar surface area (TPSA) is 84.5 Å². The highest BCUT2D eigenvalue weighted by Crippen LogP contribution is 2.41. The molecule has 1 aliphatic carbocycles. The maximum Gasteiger partial charge on any atom is 0.341 e. The van der Waals surface area contributed by atoms with Crippen LogP contribution in [0, 0.1) is 0 Å². The van der Waals surface area contributed by atoms with E-state index in [1.807, 2.05) is 97.1 Å². The van der Waals surface area contributed by atoms with Gasteiger partial charge in [0, 0.05) is 21.0 Å². The van der Waals surface area contributed by atoms with Gasteiger partial charge in [0.1, 0.15) is 10.3 Å². The van der Waals surface area contributed by atoms with Crippen molar-refractivity contribution >= 4 is 62.3 Å². The molecule has 0 aliphatic heterocycles. The lowest BCUT2D eigenvalue weighted by Crippen LogP contribution is -2.20. The van der Waals surface area contributed by atoms with Gasteiger partial charge in [0.2, 0.25) is 5.91 Å². The number of hydrogen-bond donors (Lipinski definition) is 2. The number of esters is 1. The summed E-state index contributed by atoms with van der Waals surface area (Å²) in [7, 11) is 1.37. The van der Waals surface area contributed by atoms with Crippen molar-refractivity contribution in [2.24, 2.45) is 0 Å². The number of carbonyl (C=O) groups excluding carboxylic acids is 3. The Labute approximate surface area is 258 Å². The maximum atomic E-state index is 13.9. The summed E-state index contributed by atoms with van der Waals surface area (Å²) in [5.74, 6) is -0.860. The Kier molecular flexibility index (Phi) is 8.58. The SMILES string of the molecule is COC(=O)c1c(NC(=O)C(Sc2cccc(NC(=O)c3ccc4ccccc4c3)c2)c2ccccc2)sc2c1CCCC2. The van der Waals surface area contributed by atoms with Gasteiger partial charge in [-0.05, 0) is 77.9 Å². The van der Waals surface area contributed by atoms with Gasteiger partial charge in [-0.25, -0.2) is 4.79 Å². The van der Waals surface area contributed by atoms with E-state index >= 15 is 0 Å². The summed E-state index contributed by atoms with van der Waals surface area (Å²) in [5, 5.41) is 8.08. The fraction of sp³-hybridized carbons (Fsp3) is 0.171. The summed E-state index contributed by atoms with van der Waals surface area (Å²) in [6.07, 6.45) is 3.78. The number of aryl methyl sites for hydroxylation is 1. The molecule has 1 aliphatic rings. The van der Waals surface area contributed by atoms with Crippen LogP contribution in [0.5, 0.6) is 0 Å². The number of benzene rings is 4. The van der Waals surface area contributed by atoms with Crippen molar-refractivity contribution in [1.29, 1.82) is 0 Å². The van der Waals surface area contributed by atoms with E-state index in [9.17, 15) is 14.4 Å². The van der Waals surface area contributed by atoms with E-state index < -0.39 is 11.2 Å². The van der Waals surface area contributed by atoms with Crippen LogP contribution < -0.4 is 10.6 Å². The third-order valence-corrected chi connectivity index (χ3v) is 9.95. The molecule has 2 amide bonds. The normalized spacial score (nSPS) is 13.1. The number of thioether (sulfide) groups is 1. The molecule has 43 heavy (non-hydrogen) atoms. The van der Waals surface area contributed by atoms with Crippen LogP contribution in [0.15, 0.2) is 102 Å². The number of fused-ring (bicyclic) bond motifs is 2. The molecule has 8 heteroatoms. The second kappa shape index (κ2) is 12.9. The van der Waals surface area contributed by atoms with Crippen LogP contribution in [0.4, 0.5) is 10.7 Å². The van der Waals surface area contributed by atoms with Crippen molar-refractivity contribution in [3.63, 3.8) is 0 Å². The van der Waals surface area contributed by atoms with Gasteiger partial charge < -0.3 is 15.4 Å². The Morgan fingerprint density at radius 2 is 1.58 bits per heavy atom. The van der Waals surface area contributed by atoms with Gasteiger partial charge in [0.25, 0.3) is 5.91 Å². The fourth-order valence-electron chi connectivity index (χ4n) is 5.37. The number of rotatable bonds is 8. The van der Waals surface area contributed by atoms with E-state index in [-0.39, 0.29) is 11.8 Å². The van der Waals surface area contributed by atoms with Gasteiger partial charge in [-0.1, -0.05) is 66.7 Å². The summed E-state index contributed by atoms with van der Waals surface area (Å²) in [6, 6.07) is 30.6. The molecule has 0 radical (unpaired) electrons. The minimum Gasteiger partial charge on any atom is -0.465 e. The first-order valence-electron chi connectivity index (χ1n) is 14.2. The van der Waals surface area contributed by atoms with E-state index in [2.05, 4.69) is 10.6 Å². The molecule has 2 N–H and O–H groups in total. The standard InChI is InChI=1S/C35H30N2O4S2/c1-41-35(40)30-28-16-7-8-17-29(28)43-34(30)37-33(39)31(23-11-3-2-4-12-23)42-27-15-9-14-26(21-27)36-32(38)25-19-18-22-10-5-6-13-24(22)20-25/h2-6,9-15,18-21,31H,7-8,16-17H2,1H3,(H,36,38)(H,37,39). The minimum absolute atomic E-state index is 0.206. The molecule has 0 spiro atoms. The number of methoxy groups -OCH3 is 1. The van der Waals surface area contributed by atoms with Gasteiger partial charge in [0.15, 0.2) is 0 Å². The van der Waals surface area contributed by atoms with E-state index in [1.165, 1.54) is 30.2 Å². The Morgan fingerprint density at radius 1 is 0.814 bits per heavy atom. The molecular weight excluding hydrogens is 577 g/mol. The van der Waals surface area contributed by atoms with Crippen molar-refractivity contribution in [3.8, 4) is 0 Å². The van der Waals surface area contributed by atoms with Crippen LogP contribution in [0.1, 0.15) is 54.8 Å². The number of nitrogens with one attached hydrogen (secondary N) is 2. The third-order valence-electron chi connectivity index (χ3n) is 7.50. The second-order valence-corrected chi connectivity index (χ2v) is 12.6. The largest absolute Gasteiger partial charge is 0.465 e. The molecule has 6 nitrogen and oxygen atoms in total. The minimum atomic E-state index is -0.600. The van der Waals surface area contributed by atoms with Gasteiger partial charge in [-0.15, -0.1) is 23.1 Å². The molecule has 1 unspecified atom stereocenters. The maximum absolute atomic E-state index is 13.9. The number of carbonyl (C=O) groups is 3. The van der Waals surface area contributed by atoms with Crippen molar-refractivity contribution in [2.45, 2.75) is 35.8 Å². The van der Waals surface area contributed by atoms with Crippen LogP contribution in [-0.4, -0.2) is 24.9 Å². The van der Waals surface area contributed by atoms with E-state index in [0.29, 0.717) is 21.8 Å². The first-order valence-corrected chi connectivity index (χ1v) is 15.9. The molecule has 6 rings (SSSR count). The van der Waals surface area contributed by atoms with Gasteiger partial charge in [-0.2, -0.15) is 0 Å². The summed E-state index contributed by atoms with van der Waals surface area (Å²) in [5.41, 5.74) is 3.51. The average molecular weight is 607 g/mol. The second-order valence-electron chi connectivity index (χ2n) is 10.3. The van der Waals surface area contributed by atoms with Gasteiger partial charge >= 0.3 is 5.97 Å². The molecule has 4 aromatic carbocycles. The van der Waals surface area contributed by atoms with E-state index in [1.54, 1.807) is 0 Å². The summed E-state index contributed by atoms with van der Waals surface area (Å²) < 4.78 is 5.10. The van der Waals surface area contributed by atoms with Crippen LogP contribution in [-0.2, 0) is 22.4 Å². The fourth-order valence-corrected chi connectivity index (χ4v) is 7.73. The van der Waals surface area contributed by atoms with E-state index in [4.69, 9.17) is 4.74 Å². The predicted molar refractivity (Wildman–Crippen MR) is 174 cm³/mol. The predicted octanol–water partition coefficient (Wildman–Crippen LogP) is 8.29. The molecule has 0 bridgehead atoms. The lowest BCUT2D eigenvalue weighted by molar-refractivity contribution is -0.115. The van der Waals surface area contributed by atoms with Crippen molar-refractivity contribution in [3.05, 3.63) is 124 Å². The Hall–Kier alpha value is -4.40. The molecular formula is C35H30N2O4S2. The highest BCUT2D eigenvalue weighted by Gasteiger charge is 2.29. The Morgan fingerprint density at radius 3 is 2.40 bits per heavy atom. The number of hydrogen-bond acceptors (Lipinski definition) is 6. The highest BCUT2D eigenvalue weighted by molar-refractivity contribution is 8.00. The molecule has 1 aromatic heterocycles. The molecule has 1 atom stereocenters. The molecule has 1 heterocycles. The zero-order valence-electron chi connectivity index (χ0n) is 23.6. The zero-order valence-corrected chi connectivity index (χ0v) is 25.2. The summed E-state index contributed by atoms with van der Waals surface area (Å²) in [6.45, 7) is 0. The molecule has 0 saturated heterocycles. The van der Waals surface area contributed by atoms with Crippen molar-refractivity contribution in [2.75, 3.05) is 17.7 Å². The lowest BCUT2D eigenvalue weighted by Gasteiger charge is -2.18. The molecule has 0 fully saturated rings. The Bertz CT molecular complexity index is 1820. The number of ether oxygens (including phenoxy) is 1. The average Bonchev–Trinajstić information content (AvgIpc) is 3.41. The van der Waals surface area contributed by atoms with Gasteiger partial charge in [0.05, 0.1) is 12.7 Å². The zero-order chi connectivity index (χ0) is 29.8.